The van der Waals surface area contributed by atoms with E-state index in [0.29, 0.717) is 12.3 Å². The van der Waals surface area contributed by atoms with Crippen molar-refractivity contribution in [1.82, 2.24) is 9.80 Å². The average molecular weight is 405 g/mol. The zero-order valence-electron chi connectivity index (χ0n) is 16.4. The molecule has 0 spiro atoms. The second kappa shape index (κ2) is 9.05. The Labute approximate surface area is 167 Å². The van der Waals surface area contributed by atoms with Crippen LogP contribution < -0.4 is 4.74 Å². The fourth-order valence-corrected chi connectivity index (χ4v) is 4.40. The molecule has 1 aliphatic heterocycles. The molecule has 152 valence electrons. The first-order chi connectivity index (χ1) is 13.3. The normalized spacial score (nSPS) is 17.4. The molecular weight excluding hydrogens is 376 g/mol. The summed E-state index contributed by atoms with van der Waals surface area (Å²) < 4.78 is 31.0. The van der Waals surface area contributed by atoms with Gasteiger partial charge in [0.15, 0.2) is 0 Å². The van der Waals surface area contributed by atoms with Gasteiger partial charge in [-0.1, -0.05) is 17.7 Å². The smallest absolute Gasteiger partial charge is 0.206 e. The van der Waals surface area contributed by atoms with Crippen molar-refractivity contribution in [3.8, 4) is 5.75 Å². The summed E-state index contributed by atoms with van der Waals surface area (Å²) in [5, 5.41) is 10.2. The summed E-state index contributed by atoms with van der Waals surface area (Å²) >= 11 is 0. The number of sulfone groups is 1. The van der Waals surface area contributed by atoms with Gasteiger partial charge in [0.2, 0.25) is 9.84 Å². The quantitative estimate of drug-likeness (QED) is 0.759. The molecular formula is C21H28N2O4S. The van der Waals surface area contributed by atoms with E-state index in [4.69, 9.17) is 4.74 Å². The van der Waals surface area contributed by atoms with Crippen LogP contribution in [0.4, 0.5) is 0 Å². The maximum Gasteiger partial charge on any atom is 0.206 e. The predicted octanol–water partition coefficient (Wildman–Crippen LogP) is 1.81. The van der Waals surface area contributed by atoms with Crippen molar-refractivity contribution in [3.05, 3.63) is 54.1 Å². The van der Waals surface area contributed by atoms with Crippen LogP contribution in [0.2, 0.25) is 0 Å². The van der Waals surface area contributed by atoms with Crippen molar-refractivity contribution in [2.24, 2.45) is 0 Å². The first-order valence-electron chi connectivity index (χ1n) is 9.48. The Morgan fingerprint density at radius 3 is 2.07 bits per heavy atom. The van der Waals surface area contributed by atoms with Crippen LogP contribution in [0.15, 0.2) is 58.3 Å². The van der Waals surface area contributed by atoms with E-state index in [1.54, 1.807) is 36.4 Å². The lowest BCUT2D eigenvalue weighted by atomic mass is 10.2. The van der Waals surface area contributed by atoms with Gasteiger partial charge >= 0.3 is 0 Å². The van der Waals surface area contributed by atoms with Crippen LogP contribution in [0.5, 0.6) is 5.75 Å². The Kier molecular flexibility index (Phi) is 6.72. The van der Waals surface area contributed by atoms with E-state index >= 15 is 0 Å². The zero-order chi connectivity index (χ0) is 20.1. The summed E-state index contributed by atoms with van der Waals surface area (Å²) in [5.74, 6) is 0.542. The Hall–Kier alpha value is -1.93. The number of aliphatic hydroxyl groups is 1. The minimum absolute atomic E-state index is 0.177. The van der Waals surface area contributed by atoms with E-state index in [9.17, 15) is 13.5 Å². The third kappa shape index (κ3) is 5.32. The van der Waals surface area contributed by atoms with Crippen molar-refractivity contribution in [2.45, 2.75) is 22.8 Å². The number of benzene rings is 2. The highest BCUT2D eigenvalue weighted by atomic mass is 32.2. The number of nitrogens with zero attached hydrogens (tertiary/aromatic N) is 2. The van der Waals surface area contributed by atoms with Crippen LogP contribution >= 0.6 is 0 Å². The van der Waals surface area contributed by atoms with Crippen LogP contribution in [0.1, 0.15) is 5.56 Å². The minimum atomic E-state index is -3.54. The lowest BCUT2D eigenvalue weighted by Gasteiger charge is -2.33. The molecule has 0 bridgehead atoms. The topological polar surface area (TPSA) is 70.1 Å². The van der Waals surface area contributed by atoms with Crippen LogP contribution in [0.25, 0.3) is 0 Å². The summed E-state index contributed by atoms with van der Waals surface area (Å²) in [4.78, 5) is 4.99. The number of piperazine rings is 1. The SMILES string of the molecule is Cc1ccc(S(=O)(=O)c2ccc(OCC(O)CN3CCN(C)CC3)cc2)cc1. The molecule has 7 heteroatoms. The molecule has 1 heterocycles. The molecule has 1 aliphatic rings. The van der Waals surface area contributed by atoms with Crippen molar-refractivity contribution < 1.29 is 18.3 Å². The van der Waals surface area contributed by atoms with Crippen molar-refractivity contribution >= 4 is 9.84 Å². The van der Waals surface area contributed by atoms with Crippen molar-refractivity contribution in [1.29, 1.82) is 0 Å². The lowest BCUT2D eigenvalue weighted by Crippen LogP contribution is -2.47. The Bertz CT molecular complexity index is 858. The fourth-order valence-electron chi connectivity index (χ4n) is 3.14. The first kappa shape index (κ1) is 20.8. The van der Waals surface area contributed by atoms with Crippen molar-refractivity contribution in [2.75, 3.05) is 46.4 Å². The van der Waals surface area contributed by atoms with E-state index in [1.807, 2.05) is 6.92 Å². The van der Waals surface area contributed by atoms with E-state index in [-0.39, 0.29) is 16.4 Å². The van der Waals surface area contributed by atoms with Crippen LogP contribution in [0.3, 0.4) is 0 Å². The molecule has 0 radical (unpaired) electrons. The largest absolute Gasteiger partial charge is 0.491 e. The number of hydrogen-bond donors (Lipinski definition) is 1. The number of aryl methyl sites for hydroxylation is 1. The van der Waals surface area contributed by atoms with Crippen LogP contribution in [-0.2, 0) is 9.84 Å². The van der Waals surface area contributed by atoms with E-state index in [0.717, 1.165) is 31.7 Å². The number of ether oxygens (including phenoxy) is 1. The highest BCUT2D eigenvalue weighted by Gasteiger charge is 2.19. The van der Waals surface area contributed by atoms with Gasteiger partial charge in [0.1, 0.15) is 18.5 Å². The van der Waals surface area contributed by atoms with E-state index in [1.165, 1.54) is 12.1 Å². The van der Waals surface area contributed by atoms with E-state index in [2.05, 4.69) is 16.8 Å². The van der Waals surface area contributed by atoms with Gasteiger partial charge in [-0.2, -0.15) is 0 Å². The summed E-state index contributed by atoms with van der Waals surface area (Å²) in [6, 6.07) is 13.1. The number of β-amino-alcohol motifs (C(OH)–C–C–N with tert-alkyl or cyclic N) is 1. The Morgan fingerprint density at radius 2 is 1.50 bits per heavy atom. The summed E-state index contributed by atoms with van der Waals surface area (Å²) in [5.41, 5.74) is 1.01. The average Bonchev–Trinajstić information content (AvgIpc) is 2.69. The summed E-state index contributed by atoms with van der Waals surface area (Å²) in [6.07, 6.45) is -0.584. The van der Waals surface area contributed by atoms with Gasteiger partial charge in [-0.05, 0) is 50.4 Å². The molecule has 1 unspecified atom stereocenters. The number of hydrogen-bond acceptors (Lipinski definition) is 6. The fraction of sp³-hybridized carbons (Fsp3) is 0.429. The van der Waals surface area contributed by atoms with E-state index < -0.39 is 15.9 Å². The van der Waals surface area contributed by atoms with Gasteiger partial charge < -0.3 is 14.7 Å². The van der Waals surface area contributed by atoms with Gasteiger partial charge in [0.05, 0.1) is 9.79 Å². The highest BCUT2D eigenvalue weighted by Crippen LogP contribution is 2.23. The standard InChI is InChI=1S/C21H28N2O4S/c1-17-3-7-20(8-4-17)28(25,26)21-9-5-19(6-10-21)27-16-18(24)15-23-13-11-22(2)12-14-23/h3-10,18,24H,11-16H2,1-2H3. The second-order valence-electron chi connectivity index (χ2n) is 7.36. The number of aliphatic hydroxyl groups excluding tert-OH is 1. The maximum absolute atomic E-state index is 12.7. The first-order valence-corrected chi connectivity index (χ1v) is 11.0. The third-order valence-corrected chi connectivity index (χ3v) is 6.76. The second-order valence-corrected chi connectivity index (χ2v) is 9.31. The third-order valence-electron chi connectivity index (χ3n) is 4.97. The Morgan fingerprint density at radius 1 is 0.964 bits per heavy atom. The van der Waals surface area contributed by atoms with Crippen molar-refractivity contribution in [3.63, 3.8) is 0 Å². The zero-order valence-corrected chi connectivity index (χ0v) is 17.2. The molecule has 2 aromatic rings. The van der Waals surface area contributed by atoms with Gasteiger partial charge in [-0.15, -0.1) is 0 Å². The molecule has 0 aromatic heterocycles. The molecule has 0 aliphatic carbocycles. The molecule has 0 amide bonds. The monoisotopic (exact) mass is 404 g/mol. The van der Waals surface area contributed by atoms with Gasteiger partial charge in [-0.25, -0.2) is 8.42 Å². The van der Waals surface area contributed by atoms with Crippen LogP contribution in [0, 0.1) is 6.92 Å². The lowest BCUT2D eigenvalue weighted by molar-refractivity contribution is 0.0504. The Balaban J connectivity index is 1.55. The molecule has 1 N–H and O–H groups in total. The van der Waals surface area contributed by atoms with Crippen LogP contribution in [-0.4, -0.2) is 75.8 Å². The molecule has 2 aromatic carbocycles. The van der Waals surface area contributed by atoms with Gasteiger partial charge in [0, 0.05) is 32.7 Å². The molecule has 28 heavy (non-hydrogen) atoms. The van der Waals surface area contributed by atoms with Gasteiger partial charge in [0.25, 0.3) is 0 Å². The molecule has 1 fully saturated rings. The molecule has 3 rings (SSSR count). The number of rotatable bonds is 7. The molecule has 1 saturated heterocycles. The predicted molar refractivity (Wildman–Crippen MR) is 109 cm³/mol. The molecule has 0 saturated carbocycles. The van der Waals surface area contributed by atoms with Gasteiger partial charge in [-0.3, -0.25) is 4.90 Å². The summed E-state index contributed by atoms with van der Waals surface area (Å²) in [7, 11) is -1.45. The molecule has 6 nitrogen and oxygen atoms in total. The number of likely N-dealkylation sites (N-methyl/N-ethyl adjacent to an activating group) is 1. The molecule has 1 atom stereocenters. The highest BCUT2D eigenvalue weighted by molar-refractivity contribution is 7.91. The minimum Gasteiger partial charge on any atom is -0.491 e. The maximum atomic E-state index is 12.7. The summed E-state index contributed by atoms with van der Waals surface area (Å²) in [6.45, 7) is 6.57.